The smallest absolute Gasteiger partial charge is 0.238 e. The van der Waals surface area contributed by atoms with Gasteiger partial charge in [-0.1, -0.05) is 13.8 Å². The number of rotatable bonds is 11. The number of pyridine rings is 2. The highest BCUT2D eigenvalue weighted by atomic mass is 32.2. The molecule has 0 aliphatic carbocycles. The molecule has 3 aromatic rings. The fourth-order valence-electron chi connectivity index (χ4n) is 3.94. The van der Waals surface area contributed by atoms with Crippen LogP contribution in [0.3, 0.4) is 0 Å². The molecule has 0 bridgehead atoms. The maximum Gasteiger partial charge on any atom is 0.238 e. The van der Waals surface area contributed by atoms with E-state index in [1.54, 1.807) is 41.5 Å². The summed E-state index contributed by atoms with van der Waals surface area (Å²) in [6, 6.07) is 4.05. The molecule has 4 heterocycles. The Morgan fingerprint density at radius 1 is 1.06 bits per heavy atom. The second kappa shape index (κ2) is 13.0. The molecule has 0 aromatic carbocycles. The Kier molecular flexibility index (Phi) is 9.73. The molecule has 35 heavy (non-hydrogen) atoms. The number of nitrogens with zero attached hydrogens (tertiary/aromatic N) is 5. The fourth-order valence-corrected chi connectivity index (χ4v) is 6.65. The SMILES string of the molecule is CCSc1cc(C)nc(SCC)c1NC(=O)CN1CCN(CCSc2ccnc3ncoc23)CC1. The van der Waals surface area contributed by atoms with Crippen molar-refractivity contribution in [1.82, 2.24) is 24.8 Å². The van der Waals surface area contributed by atoms with Crippen LogP contribution in [0.15, 0.2) is 44.0 Å². The van der Waals surface area contributed by atoms with Gasteiger partial charge < -0.3 is 9.73 Å². The number of oxazole rings is 1. The van der Waals surface area contributed by atoms with Crippen molar-refractivity contribution in [2.24, 2.45) is 0 Å². The van der Waals surface area contributed by atoms with Crippen molar-refractivity contribution in [3.63, 3.8) is 0 Å². The van der Waals surface area contributed by atoms with E-state index in [4.69, 9.17) is 4.42 Å². The minimum atomic E-state index is 0.0318. The fraction of sp³-hybridized carbons (Fsp3) is 0.500. The van der Waals surface area contributed by atoms with Crippen LogP contribution in [0.5, 0.6) is 0 Å². The van der Waals surface area contributed by atoms with Crippen molar-refractivity contribution in [2.75, 3.05) is 61.8 Å². The van der Waals surface area contributed by atoms with Gasteiger partial charge in [0.25, 0.3) is 0 Å². The van der Waals surface area contributed by atoms with E-state index in [2.05, 4.69) is 50.0 Å². The Bertz CT molecular complexity index is 1110. The van der Waals surface area contributed by atoms with Crippen molar-refractivity contribution in [3.8, 4) is 0 Å². The zero-order chi connectivity index (χ0) is 24.6. The number of aromatic nitrogens is 3. The molecule has 1 N–H and O–H groups in total. The van der Waals surface area contributed by atoms with Crippen molar-refractivity contribution < 1.29 is 9.21 Å². The summed E-state index contributed by atoms with van der Waals surface area (Å²) in [5, 5.41) is 4.09. The lowest BCUT2D eigenvalue weighted by Crippen LogP contribution is -2.49. The van der Waals surface area contributed by atoms with Crippen molar-refractivity contribution in [2.45, 2.75) is 35.6 Å². The highest BCUT2D eigenvalue weighted by molar-refractivity contribution is 8.00. The Balaban J connectivity index is 1.24. The number of hydrogen-bond donors (Lipinski definition) is 1. The largest absolute Gasteiger partial charge is 0.441 e. The van der Waals surface area contributed by atoms with Gasteiger partial charge in [0.1, 0.15) is 5.03 Å². The number of carbonyl (C=O) groups is 1. The van der Waals surface area contributed by atoms with Crippen LogP contribution in [0, 0.1) is 6.92 Å². The van der Waals surface area contributed by atoms with Crippen molar-refractivity contribution in [3.05, 3.63) is 30.4 Å². The zero-order valence-electron chi connectivity index (χ0n) is 20.5. The maximum absolute atomic E-state index is 12.9. The van der Waals surface area contributed by atoms with Gasteiger partial charge in [-0.15, -0.1) is 35.3 Å². The lowest BCUT2D eigenvalue weighted by Gasteiger charge is -2.34. The summed E-state index contributed by atoms with van der Waals surface area (Å²) < 4.78 is 5.47. The number of thioether (sulfide) groups is 3. The van der Waals surface area contributed by atoms with Crippen LogP contribution in [0.25, 0.3) is 11.2 Å². The van der Waals surface area contributed by atoms with Gasteiger partial charge >= 0.3 is 0 Å². The van der Waals surface area contributed by atoms with Crippen LogP contribution in [0.1, 0.15) is 19.5 Å². The monoisotopic (exact) mass is 532 g/mol. The second-order valence-electron chi connectivity index (χ2n) is 8.14. The van der Waals surface area contributed by atoms with Crippen molar-refractivity contribution in [1.29, 1.82) is 0 Å². The average Bonchev–Trinajstić information content (AvgIpc) is 3.33. The average molecular weight is 533 g/mol. The van der Waals surface area contributed by atoms with Crippen LogP contribution in [-0.2, 0) is 4.79 Å². The standard InChI is InChI=1S/C24H32N6O2S3/c1-4-33-19-14-17(3)27-24(34-5-2)21(19)28-20(31)15-30-10-8-29(9-11-30)12-13-35-18-6-7-25-23-22(18)32-16-26-23/h6-7,14,16H,4-5,8-13,15H2,1-3H3,(H,28,31). The number of nitrogens with one attached hydrogen (secondary N) is 1. The van der Waals surface area contributed by atoms with Crippen LogP contribution in [0.2, 0.25) is 0 Å². The number of hydrogen-bond acceptors (Lipinski definition) is 10. The highest BCUT2D eigenvalue weighted by Gasteiger charge is 2.21. The molecule has 0 atom stereocenters. The number of aryl methyl sites for hydroxylation is 1. The highest BCUT2D eigenvalue weighted by Crippen LogP contribution is 2.35. The summed E-state index contributed by atoms with van der Waals surface area (Å²) in [6.07, 6.45) is 3.22. The van der Waals surface area contributed by atoms with Gasteiger partial charge in [0.2, 0.25) is 5.91 Å². The Hall–Kier alpha value is -1.79. The van der Waals surface area contributed by atoms with E-state index < -0.39 is 0 Å². The van der Waals surface area contributed by atoms with Crippen LogP contribution >= 0.6 is 35.3 Å². The minimum Gasteiger partial charge on any atom is -0.441 e. The van der Waals surface area contributed by atoms with Gasteiger partial charge in [0, 0.05) is 55.3 Å². The van der Waals surface area contributed by atoms with E-state index in [0.717, 1.165) is 81.8 Å². The van der Waals surface area contributed by atoms with Crippen LogP contribution in [0.4, 0.5) is 5.69 Å². The Morgan fingerprint density at radius 3 is 2.60 bits per heavy atom. The van der Waals surface area contributed by atoms with Gasteiger partial charge in [-0.25, -0.2) is 9.97 Å². The predicted molar refractivity (Wildman–Crippen MR) is 146 cm³/mol. The number of carbonyl (C=O) groups excluding carboxylic acids is 1. The third kappa shape index (κ3) is 7.13. The molecular formula is C24H32N6O2S3. The van der Waals surface area contributed by atoms with Crippen molar-refractivity contribution >= 4 is 58.1 Å². The summed E-state index contributed by atoms with van der Waals surface area (Å²) in [6.45, 7) is 11.3. The van der Waals surface area contributed by atoms with E-state index in [1.165, 1.54) is 6.39 Å². The van der Waals surface area contributed by atoms with E-state index in [1.807, 2.05) is 13.0 Å². The molecule has 8 nitrogen and oxygen atoms in total. The lowest BCUT2D eigenvalue weighted by atomic mass is 10.3. The zero-order valence-corrected chi connectivity index (χ0v) is 22.9. The molecule has 11 heteroatoms. The van der Waals surface area contributed by atoms with Gasteiger partial charge in [0.15, 0.2) is 17.6 Å². The molecule has 1 saturated heterocycles. The molecule has 0 saturated carbocycles. The quantitative estimate of drug-likeness (QED) is 0.356. The van der Waals surface area contributed by atoms with E-state index in [-0.39, 0.29) is 5.91 Å². The molecule has 0 unspecified atom stereocenters. The molecule has 0 radical (unpaired) electrons. The summed E-state index contributed by atoms with van der Waals surface area (Å²) in [5.74, 6) is 2.87. The molecule has 0 spiro atoms. The first-order valence-electron chi connectivity index (χ1n) is 11.9. The Labute approximate surface area is 219 Å². The second-order valence-corrected chi connectivity index (χ2v) is 11.8. The molecule has 188 valence electrons. The third-order valence-corrected chi connectivity index (χ3v) is 8.41. The van der Waals surface area contributed by atoms with E-state index in [9.17, 15) is 4.79 Å². The molecule has 1 aliphatic rings. The molecule has 4 rings (SSSR count). The third-order valence-electron chi connectivity index (χ3n) is 5.62. The summed E-state index contributed by atoms with van der Waals surface area (Å²) in [4.78, 5) is 32.8. The molecule has 1 amide bonds. The molecule has 3 aromatic heterocycles. The maximum atomic E-state index is 12.9. The predicted octanol–water partition coefficient (Wildman–Crippen LogP) is 4.50. The van der Waals surface area contributed by atoms with Gasteiger partial charge in [-0.05, 0) is 30.6 Å². The topological polar surface area (TPSA) is 87.4 Å². The van der Waals surface area contributed by atoms with E-state index >= 15 is 0 Å². The molecule has 1 aliphatic heterocycles. The lowest BCUT2D eigenvalue weighted by molar-refractivity contribution is -0.117. The van der Waals surface area contributed by atoms with Gasteiger partial charge in [-0.2, -0.15) is 4.98 Å². The first-order chi connectivity index (χ1) is 17.1. The molecule has 1 fully saturated rings. The summed E-state index contributed by atoms with van der Waals surface area (Å²) in [5.41, 5.74) is 3.27. The van der Waals surface area contributed by atoms with E-state index in [0.29, 0.717) is 12.2 Å². The number of amides is 1. The van der Waals surface area contributed by atoms with Crippen LogP contribution in [-0.4, -0.2) is 87.2 Å². The number of anilines is 1. The first-order valence-corrected chi connectivity index (χ1v) is 14.9. The van der Waals surface area contributed by atoms with Crippen LogP contribution < -0.4 is 5.32 Å². The molecular weight excluding hydrogens is 501 g/mol. The summed E-state index contributed by atoms with van der Waals surface area (Å²) in [7, 11) is 0. The Morgan fingerprint density at radius 2 is 1.83 bits per heavy atom. The van der Waals surface area contributed by atoms with Gasteiger partial charge in [-0.3, -0.25) is 14.6 Å². The number of piperazine rings is 1. The minimum absolute atomic E-state index is 0.0318. The normalized spacial score (nSPS) is 15.1. The number of fused-ring (bicyclic) bond motifs is 1. The first kappa shape index (κ1) is 26.3. The summed E-state index contributed by atoms with van der Waals surface area (Å²) >= 11 is 5.19. The van der Waals surface area contributed by atoms with Gasteiger partial charge in [0.05, 0.1) is 17.1 Å².